The molecule has 1 amide bonds. The molecule has 14 heavy (non-hydrogen) atoms. The van der Waals surface area contributed by atoms with Gasteiger partial charge in [-0.3, -0.25) is 0 Å². The van der Waals surface area contributed by atoms with Crippen molar-refractivity contribution >= 4 is 6.09 Å². The van der Waals surface area contributed by atoms with Crippen molar-refractivity contribution in [3.05, 3.63) is 0 Å². The van der Waals surface area contributed by atoms with Crippen LogP contribution < -0.4 is 5.73 Å². The number of carbonyl (C=O) groups excluding carboxylic acids is 1. The lowest BCUT2D eigenvalue weighted by atomic mass is 9.95. The second kappa shape index (κ2) is 4.17. The maximum Gasteiger partial charge on any atom is 0.410 e. The summed E-state index contributed by atoms with van der Waals surface area (Å²) in [5.74, 6) is 0. The van der Waals surface area contributed by atoms with Gasteiger partial charge >= 0.3 is 6.09 Å². The number of hydrogen-bond donors (Lipinski definition) is 1. The highest BCUT2D eigenvalue weighted by molar-refractivity contribution is 5.70. The Kier molecular flexibility index (Phi) is 3.37. The predicted octanol–water partition coefficient (Wildman–Crippen LogP) is 1.20. The minimum atomic E-state index is -0.196. The number of amides is 1. The highest BCUT2D eigenvalue weighted by Gasteiger charge is 2.34. The van der Waals surface area contributed by atoms with Crippen molar-refractivity contribution < 1.29 is 9.53 Å². The van der Waals surface area contributed by atoms with Crippen LogP contribution in [0.2, 0.25) is 0 Å². The molecule has 4 nitrogen and oxygen atoms in total. The van der Waals surface area contributed by atoms with E-state index in [-0.39, 0.29) is 17.6 Å². The average molecular weight is 200 g/mol. The Balaban J connectivity index is 2.58. The number of carbonyl (C=O) groups is 1. The fraction of sp³-hybridized carbons (Fsp3) is 0.900. The zero-order valence-corrected chi connectivity index (χ0v) is 9.25. The van der Waals surface area contributed by atoms with Gasteiger partial charge in [-0.25, -0.2) is 4.79 Å². The molecule has 1 unspecified atom stereocenters. The number of nitrogens with two attached hydrogens (primary N) is 1. The Bertz CT molecular complexity index is 211. The standard InChI is InChI=1S/C10H20N2O2/c1-10(2,3)7-12-8(4-5-11)6-14-9(12)13/h8H,4-7,11H2,1-3H3. The average Bonchev–Trinajstić information content (AvgIpc) is 2.34. The van der Waals surface area contributed by atoms with Gasteiger partial charge in [0.2, 0.25) is 0 Å². The van der Waals surface area contributed by atoms with Gasteiger partial charge in [0, 0.05) is 6.54 Å². The number of ether oxygens (including phenoxy) is 1. The molecule has 1 fully saturated rings. The molecule has 1 aliphatic heterocycles. The molecule has 1 heterocycles. The van der Waals surface area contributed by atoms with Crippen molar-refractivity contribution in [3.63, 3.8) is 0 Å². The summed E-state index contributed by atoms with van der Waals surface area (Å²) in [4.78, 5) is 13.2. The van der Waals surface area contributed by atoms with Crippen LogP contribution in [0.3, 0.4) is 0 Å². The first-order valence-corrected chi connectivity index (χ1v) is 5.07. The molecule has 2 N–H and O–H groups in total. The predicted molar refractivity (Wildman–Crippen MR) is 55.0 cm³/mol. The van der Waals surface area contributed by atoms with Crippen LogP contribution in [0.4, 0.5) is 4.79 Å². The van der Waals surface area contributed by atoms with Crippen LogP contribution in [-0.2, 0) is 4.74 Å². The third-order valence-corrected chi connectivity index (χ3v) is 2.22. The second-order valence-corrected chi connectivity index (χ2v) is 5.00. The topological polar surface area (TPSA) is 55.6 Å². The summed E-state index contributed by atoms with van der Waals surface area (Å²) in [6, 6.07) is 0.173. The normalized spacial score (nSPS) is 22.7. The van der Waals surface area contributed by atoms with Gasteiger partial charge in [-0.15, -0.1) is 0 Å². The summed E-state index contributed by atoms with van der Waals surface area (Å²) in [7, 11) is 0. The first-order chi connectivity index (χ1) is 6.44. The summed E-state index contributed by atoms with van der Waals surface area (Å²) in [6.07, 6.45) is 0.625. The Morgan fingerprint density at radius 2 is 2.21 bits per heavy atom. The second-order valence-electron chi connectivity index (χ2n) is 5.00. The molecule has 82 valence electrons. The molecule has 1 atom stereocenters. The number of rotatable bonds is 3. The van der Waals surface area contributed by atoms with Gasteiger partial charge in [-0.1, -0.05) is 20.8 Å². The van der Waals surface area contributed by atoms with E-state index < -0.39 is 0 Å². The van der Waals surface area contributed by atoms with Crippen LogP contribution >= 0.6 is 0 Å². The van der Waals surface area contributed by atoms with Crippen LogP contribution in [0.25, 0.3) is 0 Å². The maximum atomic E-state index is 11.4. The van der Waals surface area contributed by atoms with E-state index in [4.69, 9.17) is 10.5 Å². The van der Waals surface area contributed by atoms with Gasteiger partial charge in [0.1, 0.15) is 6.61 Å². The third-order valence-electron chi connectivity index (χ3n) is 2.22. The monoisotopic (exact) mass is 200 g/mol. The fourth-order valence-electron chi connectivity index (χ4n) is 1.63. The highest BCUT2D eigenvalue weighted by Crippen LogP contribution is 2.22. The first-order valence-electron chi connectivity index (χ1n) is 5.07. The third kappa shape index (κ3) is 2.87. The van der Waals surface area contributed by atoms with E-state index in [1.165, 1.54) is 0 Å². The quantitative estimate of drug-likeness (QED) is 0.744. The summed E-state index contributed by atoms with van der Waals surface area (Å²) < 4.78 is 5.01. The van der Waals surface area contributed by atoms with Gasteiger partial charge in [0.25, 0.3) is 0 Å². The Morgan fingerprint density at radius 3 is 2.71 bits per heavy atom. The van der Waals surface area contributed by atoms with Gasteiger partial charge in [-0.2, -0.15) is 0 Å². The molecular weight excluding hydrogens is 180 g/mol. The Morgan fingerprint density at radius 1 is 1.57 bits per heavy atom. The summed E-state index contributed by atoms with van der Waals surface area (Å²) >= 11 is 0. The molecule has 0 aromatic heterocycles. The molecule has 1 saturated heterocycles. The molecule has 0 aliphatic carbocycles. The van der Waals surface area contributed by atoms with Crippen LogP contribution in [0, 0.1) is 5.41 Å². The number of nitrogens with zero attached hydrogens (tertiary/aromatic N) is 1. The first kappa shape index (κ1) is 11.3. The zero-order chi connectivity index (χ0) is 10.8. The van der Waals surface area contributed by atoms with Crippen molar-refractivity contribution in [1.82, 2.24) is 4.90 Å². The Hall–Kier alpha value is -0.770. The molecular formula is C10H20N2O2. The molecule has 0 aromatic rings. The van der Waals surface area contributed by atoms with E-state index in [0.717, 1.165) is 13.0 Å². The lowest BCUT2D eigenvalue weighted by Gasteiger charge is -2.28. The lowest BCUT2D eigenvalue weighted by Crippen LogP contribution is -2.40. The van der Waals surface area contributed by atoms with Crippen LogP contribution in [0.5, 0.6) is 0 Å². The van der Waals surface area contributed by atoms with Gasteiger partial charge in [-0.05, 0) is 18.4 Å². The van der Waals surface area contributed by atoms with Gasteiger partial charge in [0.15, 0.2) is 0 Å². The molecule has 0 spiro atoms. The molecule has 1 aliphatic rings. The van der Waals surface area contributed by atoms with Gasteiger partial charge < -0.3 is 15.4 Å². The van der Waals surface area contributed by atoms with E-state index in [1.54, 1.807) is 4.90 Å². The molecule has 4 heteroatoms. The van der Waals surface area contributed by atoms with E-state index in [1.807, 2.05) is 0 Å². The van der Waals surface area contributed by atoms with Crippen molar-refractivity contribution in [2.75, 3.05) is 19.7 Å². The van der Waals surface area contributed by atoms with Crippen molar-refractivity contribution in [2.45, 2.75) is 33.2 Å². The van der Waals surface area contributed by atoms with E-state index in [2.05, 4.69) is 20.8 Å². The van der Waals surface area contributed by atoms with Crippen molar-refractivity contribution in [1.29, 1.82) is 0 Å². The molecule has 1 rings (SSSR count). The largest absolute Gasteiger partial charge is 0.447 e. The minimum absolute atomic E-state index is 0.107. The smallest absolute Gasteiger partial charge is 0.410 e. The molecule has 0 radical (unpaired) electrons. The SMILES string of the molecule is CC(C)(C)CN1C(=O)OCC1CCN. The van der Waals surface area contributed by atoms with Gasteiger partial charge in [0.05, 0.1) is 6.04 Å². The fourth-order valence-corrected chi connectivity index (χ4v) is 1.63. The lowest BCUT2D eigenvalue weighted by molar-refractivity contribution is 0.144. The Labute approximate surface area is 85.4 Å². The summed E-state index contributed by atoms with van der Waals surface area (Å²) in [5.41, 5.74) is 5.59. The molecule has 0 aromatic carbocycles. The number of cyclic esters (lactones) is 1. The van der Waals surface area contributed by atoms with Crippen molar-refractivity contribution in [2.24, 2.45) is 11.1 Å². The van der Waals surface area contributed by atoms with Crippen LogP contribution in [0.1, 0.15) is 27.2 Å². The summed E-state index contributed by atoms with van der Waals surface area (Å²) in [6.45, 7) is 8.15. The van der Waals surface area contributed by atoms with E-state index in [0.29, 0.717) is 13.2 Å². The highest BCUT2D eigenvalue weighted by atomic mass is 16.6. The zero-order valence-electron chi connectivity index (χ0n) is 9.25. The minimum Gasteiger partial charge on any atom is -0.447 e. The van der Waals surface area contributed by atoms with E-state index >= 15 is 0 Å². The van der Waals surface area contributed by atoms with Crippen LogP contribution in [-0.4, -0.2) is 36.7 Å². The van der Waals surface area contributed by atoms with Crippen LogP contribution in [0.15, 0.2) is 0 Å². The van der Waals surface area contributed by atoms with Crippen molar-refractivity contribution in [3.8, 4) is 0 Å². The summed E-state index contributed by atoms with van der Waals surface area (Å²) in [5, 5.41) is 0. The maximum absolute atomic E-state index is 11.4. The van der Waals surface area contributed by atoms with E-state index in [9.17, 15) is 4.79 Å². The number of hydrogen-bond acceptors (Lipinski definition) is 3. The molecule has 0 bridgehead atoms. The molecule has 0 saturated carbocycles.